The van der Waals surface area contributed by atoms with Gasteiger partial charge in [0.25, 0.3) is 0 Å². The number of fused-ring (bicyclic) bond motifs is 2. The lowest BCUT2D eigenvalue weighted by Gasteiger charge is -2.46. The van der Waals surface area contributed by atoms with Crippen molar-refractivity contribution in [3.8, 4) is 0 Å². The van der Waals surface area contributed by atoms with Crippen LogP contribution in [0.3, 0.4) is 0 Å². The van der Waals surface area contributed by atoms with E-state index < -0.39 is 153 Å². The zero-order valence-corrected chi connectivity index (χ0v) is 42.7. The average Bonchev–Trinajstić information content (AvgIpc) is 3.31. The van der Waals surface area contributed by atoms with Crippen LogP contribution >= 0.6 is 0 Å². The monoisotopic (exact) mass is 1040 g/mol. The fourth-order valence-corrected chi connectivity index (χ4v) is 8.84. The van der Waals surface area contributed by atoms with Gasteiger partial charge in [-0.15, -0.1) is 0 Å². The maximum atomic E-state index is 13.6. The average molecular weight is 1040 g/mol. The van der Waals surface area contributed by atoms with Crippen LogP contribution in [0.2, 0.25) is 0 Å². The van der Waals surface area contributed by atoms with Gasteiger partial charge in [-0.3, -0.25) is 14.4 Å². The quantitative estimate of drug-likeness (QED) is 0.131. The van der Waals surface area contributed by atoms with Gasteiger partial charge in [0.05, 0.1) is 86.0 Å². The van der Waals surface area contributed by atoms with Gasteiger partial charge in [-0.2, -0.15) is 0 Å². The number of likely N-dealkylation sites (N-methyl/N-ethyl adjacent to an activating group) is 1. The van der Waals surface area contributed by atoms with Crippen molar-refractivity contribution < 1.29 is 84.4 Å². The highest BCUT2D eigenvalue weighted by Gasteiger charge is 2.51. The number of carbonyl (C=O) groups excluding carboxylic acids is 3. The van der Waals surface area contributed by atoms with Gasteiger partial charge in [-0.05, 0) is 40.2 Å². The van der Waals surface area contributed by atoms with Gasteiger partial charge in [0.15, 0.2) is 12.1 Å². The summed E-state index contributed by atoms with van der Waals surface area (Å²) in [5, 5.41) is 119. The lowest BCUT2D eigenvalue weighted by atomic mass is 9.82. The first kappa shape index (κ1) is 63.3. The van der Waals surface area contributed by atoms with Crippen LogP contribution in [-0.4, -0.2) is 193 Å². The molecule has 21 nitrogen and oxygen atoms in total. The van der Waals surface area contributed by atoms with Crippen LogP contribution in [-0.2, 0) is 33.3 Å². The molecule has 0 unspecified atom stereocenters. The van der Waals surface area contributed by atoms with E-state index in [1.165, 1.54) is 6.92 Å². The van der Waals surface area contributed by atoms with E-state index >= 15 is 0 Å². The van der Waals surface area contributed by atoms with Crippen molar-refractivity contribution in [1.29, 1.82) is 0 Å². The largest absolute Gasteiger partial charge is 0.462 e. The Labute approximate surface area is 428 Å². The summed E-state index contributed by atoms with van der Waals surface area (Å²) in [7, 11) is 1.55. The van der Waals surface area contributed by atoms with Crippen molar-refractivity contribution in [2.24, 2.45) is 23.5 Å². The van der Waals surface area contributed by atoms with Crippen molar-refractivity contribution in [3.63, 3.8) is 0 Å². The smallest absolute Gasteiger partial charge is 0.308 e. The van der Waals surface area contributed by atoms with Crippen molar-refractivity contribution in [3.05, 3.63) is 85.1 Å². The highest BCUT2D eigenvalue weighted by molar-refractivity contribution is 5.80. The number of nitrogens with two attached hydrogens (primary N) is 1. The summed E-state index contributed by atoms with van der Waals surface area (Å²) < 4.78 is 23.9. The van der Waals surface area contributed by atoms with Crippen molar-refractivity contribution in [1.82, 2.24) is 16.0 Å². The van der Waals surface area contributed by atoms with Gasteiger partial charge in [-0.25, -0.2) is 0 Å². The molecular weight excluding hydrogens is 953 g/mol. The number of rotatable bonds is 8. The topological polar surface area (TPSA) is 353 Å². The Bertz CT molecular complexity index is 1880. The molecule has 3 heterocycles. The predicted octanol–water partition coefficient (Wildman–Crippen LogP) is -0.921. The zero-order chi connectivity index (χ0) is 54.3. The number of esters is 1. The number of aliphatic hydroxyl groups is 10. The maximum Gasteiger partial charge on any atom is 0.308 e. The third kappa shape index (κ3) is 22.0. The molecular formula is C52H84N4O17. The summed E-state index contributed by atoms with van der Waals surface area (Å²) in [6.45, 7) is 6.73. The number of ether oxygens (including phenoxy) is 4. The minimum absolute atomic E-state index is 0.0377. The SMILES string of the molecule is CNCC(=O)N[C@@H]1[C@H](O)[C@H](O[C@H]2/C=C/C=C\C=C/C=C\C=C/C=C\C=C/[C@H](C)[C@@H](O)[C@@H](C)[C@H](C)OC(=O)C[C@H](O)C[C@H](O)CC[C@@H](O)[C@H](O)C[C@H](O)C[C@]3(O)C[C@H](O)[C@@H](C(=O)NCCN)[C@H](C2)O3)O[C@H](C)[C@H]1O. The fourth-order valence-electron chi connectivity index (χ4n) is 8.84. The molecule has 3 rings (SSSR count). The second-order valence-corrected chi connectivity index (χ2v) is 19.4. The molecule has 2 amide bonds. The van der Waals surface area contributed by atoms with Crippen LogP contribution in [0.25, 0.3) is 0 Å². The molecule has 2 fully saturated rings. The fraction of sp³-hybridized carbons (Fsp3) is 0.673. The summed E-state index contributed by atoms with van der Waals surface area (Å²) >= 11 is 0. The van der Waals surface area contributed by atoms with Gasteiger partial charge < -0.3 is 91.7 Å². The molecule has 73 heavy (non-hydrogen) atoms. The number of hydrogen-bond acceptors (Lipinski definition) is 19. The van der Waals surface area contributed by atoms with Gasteiger partial charge >= 0.3 is 5.97 Å². The lowest BCUT2D eigenvalue weighted by molar-refractivity contribution is -0.307. The molecule has 15 N–H and O–H groups in total. The first-order chi connectivity index (χ1) is 34.6. The molecule has 3 aliphatic heterocycles. The summed E-state index contributed by atoms with van der Waals surface area (Å²) in [6.07, 6.45) is 3.47. The van der Waals surface area contributed by atoms with Crippen molar-refractivity contribution in [2.75, 3.05) is 26.7 Å². The molecule has 0 aromatic rings. The zero-order valence-electron chi connectivity index (χ0n) is 42.7. The van der Waals surface area contributed by atoms with E-state index in [9.17, 15) is 65.4 Å². The highest BCUT2D eigenvalue weighted by atomic mass is 16.7. The van der Waals surface area contributed by atoms with Gasteiger partial charge in [0, 0.05) is 50.6 Å². The summed E-state index contributed by atoms with van der Waals surface area (Å²) in [6, 6.07) is -1.22. The Hall–Kier alpha value is -4.01. The molecule has 21 heteroatoms. The molecule has 0 radical (unpaired) electrons. The first-order valence-electron chi connectivity index (χ1n) is 25.2. The second kappa shape index (κ2) is 32.4. The third-order valence-electron chi connectivity index (χ3n) is 13.1. The summed E-state index contributed by atoms with van der Waals surface area (Å²) in [5.74, 6) is -6.31. The molecule has 3 aliphatic rings. The standard InChI is InChI=1S/C52H84N4O17/c1-31-18-16-14-12-10-8-6-7-9-11-13-15-17-19-38(72-51-49(67)46(48(66)34(4)71-51)56-43(63)30-54-5)27-42-45(50(68)55-23-22-53)41(62)29-52(69,73-42)28-37(59)25-40(61)39(60)21-20-35(57)24-36(58)26-44(64)70-33(3)32(2)47(31)65/h6-19,31-42,45-49,51,54,57-62,65-67,69H,20-30,53H2,1-5H3,(H,55,68)(H,56,63)/b7-6-,10-8-,11-9-,14-12-,15-13-,18-16-,19-17+/t31-,32-,33-,34+,35+,36+,37-,38-,39+,40+,41-,42-,45+,46-,47+,48+,49-,51-,52+/m0/s1. The number of allylic oxidation sites excluding steroid dienone is 12. The van der Waals surface area contributed by atoms with Crippen LogP contribution in [0.15, 0.2) is 85.1 Å². The molecule has 19 atom stereocenters. The van der Waals surface area contributed by atoms with Crippen molar-refractivity contribution >= 4 is 17.8 Å². The number of amides is 2. The Balaban J connectivity index is 1.96. The van der Waals surface area contributed by atoms with Gasteiger partial charge in [0.1, 0.15) is 18.3 Å². The number of hydrogen-bond donors (Lipinski definition) is 14. The second-order valence-electron chi connectivity index (χ2n) is 19.4. The Morgan fingerprint density at radius 3 is 1.92 bits per heavy atom. The molecule has 0 aliphatic carbocycles. The number of nitrogens with one attached hydrogen (secondary N) is 3. The molecule has 0 aromatic heterocycles. The third-order valence-corrected chi connectivity index (χ3v) is 13.1. The van der Waals surface area contributed by atoms with Gasteiger partial charge in [0.2, 0.25) is 11.8 Å². The number of carbonyl (C=O) groups is 3. The molecule has 0 aromatic carbocycles. The van der Waals surface area contributed by atoms with E-state index in [2.05, 4.69) is 16.0 Å². The first-order valence-corrected chi connectivity index (χ1v) is 25.2. The molecule has 2 bridgehead atoms. The van der Waals surface area contributed by atoms with E-state index in [-0.39, 0.29) is 51.2 Å². The van der Waals surface area contributed by atoms with Crippen LogP contribution in [0.4, 0.5) is 0 Å². The molecule has 0 saturated carbocycles. The predicted molar refractivity (Wildman–Crippen MR) is 269 cm³/mol. The van der Waals surface area contributed by atoms with Crippen LogP contribution in [0, 0.1) is 17.8 Å². The molecule has 414 valence electrons. The minimum atomic E-state index is -2.31. The van der Waals surface area contributed by atoms with E-state index in [4.69, 9.17) is 24.7 Å². The van der Waals surface area contributed by atoms with Gasteiger partial charge in [-0.1, -0.05) is 98.9 Å². The molecule has 2 saturated heterocycles. The molecule has 0 spiro atoms. The van der Waals surface area contributed by atoms with E-state index in [0.717, 1.165) is 0 Å². The van der Waals surface area contributed by atoms with E-state index in [0.29, 0.717) is 0 Å². The van der Waals surface area contributed by atoms with E-state index in [1.807, 2.05) is 25.2 Å². The van der Waals surface area contributed by atoms with Crippen LogP contribution in [0.5, 0.6) is 0 Å². The van der Waals surface area contributed by atoms with Crippen molar-refractivity contribution in [2.45, 2.75) is 177 Å². The Morgan fingerprint density at radius 1 is 0.712 bits per heavy atom. The minimum Gasteiger partial charge on any atom is -0.462 e. The van der Waals surface area contributed by atoms with E-state index in [1.54, 1.807) is 87.7 Å². The Morgan fingerprint density at radius 2 is 1.32 bits per heavy atom. The highest BCUT2D eigenvalue weighted by Crippen LogP contribution is 2.38. The Kier molecular flexibility index (Phi) is 28.1. The maximum absolute atomic E-state index is 13.6. The number of cyclic esters (lactones) is 1. The summed E-state index contributed by atoms with van der Waals surface area (Å²) in [5.41, 5.74) is 5.65. The van der Waals surface area contributed by atoms with Crippen LogP contribution < -0.4 is 21.7 Å². The van der Waals surface area contributed by atoms with Crippen LogP contribution in [0.1, 0.15) is 79.1 Å². The summed E-state index contributed by atoms with van der Waals surface area (Å²) in [4.78, 5) is 38.9. The lowest BCUT2D eigenvalue weighted by Crippen LogP contribution is -2.64. The number of aliphatic hydroxyl groups excluding tert-OH is 9. The normalized spacial score (nSPS) is 41.7.